The van der Waals surface area contributed by atoms with Gasteiger partial charge in [0.2, 0.25) is 0 Å². The molecule has 4 heteroatoms. The van der Waals surface area contributed by atoms with E-state index < -0.39 is 5.97 Å². The SMILES string of the molecule is COc1cc(C)c(Cl)c(C)c1C(=O)O. The molecule has 0 saturated heterocycles. The maximum atomic E-state index is 10.9. The summed E-state index contributed by atoms with van der Waals surface area (Å²) in [4.78, 5) is 10.9. The van der Waals surface area contributed by atoms with E-state index in [2.05, 4.69) is 0 Å². The Morgan fingerprint density at radius 1 is 1.50 bits per heavy atom. The molecule has 0 aliphatic rings. The van der Waals surface area contributed by atoms with Crippen LogP contribution in [-0.2, 0) is 0 Å². The molecular weight excluding hydrogens is 204 g/mol. The lowest BCUT2D eigenvalue weighted by Crippen LogP contribution is -2.04. The van der Waals surface area contributed by atoms with E-state index in [4.69, 9.17) is 21.4 Å². The molecule has 1 N–H and O–H groups in total. The summed E-state index contributed by atoms with van der Waals surface area (Å²) >= 11 is 5.94. The van der Waals surface area contributed by atoms with Crippen LogP contribution in [0.4, 0.5) is 0 Å². The summed E-state index contributed by atoms with van der Waals surface area (Å²) in [7, 11) is 1.44. The van der Waals surface area contributed by atoms with Gasteiger partial charge in [0.25, 0.3) is 0 Å². The van der Waals surface area contributed by atoms with E-state index in [1.165, 1.54) is 7.11 Å². The molecule has 0 bridgehead atoms. The molecule has 0 aromatic heterocycles. The van der Waals surface area contributed by atoms with Gasteiger partial charge in [-0.2, -0.15) is 0 Å². The molecule has 0 fully saturated rings. The Labute approximate surface area is 87.3 Å². The number of halogens is 1. The zero-order chi connectivity index (χ0) is 10.9. The van der Waals surface area contributed by atoms with Gasteiger partial charge in [0, 0.05) is 5.02 Å². The van der Waals surface area contributed by atoms with Crippen molar-refractivity contribution < 1.29 is 14.6 Å². The Kier molecular flexibility index (Phi) is 3.01. The first-order valence-corrected chi connectivity index (χ1v) is 4.43. The molecule has 0 amide bonds. The Hall–Kier alpha value is -1.22. The molecule has 1 rings (SSSR count). The maximum Gasteiger partial charge on any atom is 0.339 e. The van der Waals surface area contributed by atoms with Gasteiger partial charge >= 0.3 is 5.97 Å². The van der Waals surface area contributed by atoms with Crippen molar-refractivity contribution in [3.8, 4) is 5.75 Å². The second-order valence-corrected chi connectivity index (χ2v) is 3.39. The molecule has 0 unspecified atom stereocenters. The topological polar surface area (TPSA) is 46.5 Å². The van der Waals surface area contributed by atoms with Gasteiger partial charge in [-0.15, -0.1) is 0 Å². The third kappa shape index (κ3) is 1.68. The summed E-state index contributed by atoms with van der Waals surface area (Å²) in [6.07, 6.45) is 0. The van der Waals surface area contributed by atoms with E-state index in [9.17, 15) is 4.79 Å². The molecule has 1 aromatic rings. The lowest BCUT2D eigenvalue weighted by Gasteiger charge is -2.11. The number of aromatic carboxylic acids is 1. The van der Waals surface area contributed by atoms with E-state index in [0.717, 1.165) is 5.56 Å². The number of ether oxygens (including phenoxy) is 1. The number of carboxylic acid groups (broad SMARTS) is 1. The second-order valence-electron chi connectivity index (χ2n) is 3.01. The van der Waals surface area contributed by atoms with E-state index in [0.29, 0.717) is 16.3 Å². The van der Waals surface area contributed by atoms with Crippen LogP contribution in [0.2, 0.25) is 5.02 Å². The van der Waals surface area contributed by atoms with Crippen molar-refractivity contribution in [2.45, 2.75) is 13.8 Å². The van der Waals surface area contributed by atoms with Gasteiger partial charge < -0.3 is 9.84 Å². The fourth-order valence-corrected chi connectivity index (χ4v) is 1.50. The average Bonchev–Trinajstić information content (AvgIpc) is 2.12. The number of hydrogen-bond acceptors (Lipinski definition) is 2. The van der Waals surface area contributed by atoms with Gasteiger partial charge in [-0.3, -0.25) is 0 Å². The molecule has 0 saturated carbocycles. The lowest BCUT2D eigenvalue weighted by atomic mass is 10.0. The largest absolute Gasteiger partial charge is 0.496 e. The van der Waals surface area contributed by atoms with Crippen molar-refractivity contribution in [3.63, 3.8) is 0 Å². The third-order valence-electron chi connectivity index (χ3n) is 2.08. The molecule has 14 heavy (non-hydrogen) atoms. The normalized spacial score (nSPS) is 10.0. The predicted molar refractivity (Wildman–Crippen MR) is 54.4 cm³/mol. The van der Waals surface area contributed by atoms with Gasteiger partial charge in [0.15, 0.2) is 0 Å². The molecule has 0 atom stereocenters. The summed E-state index contributed by atoms with van der Waals surface area (Å²) < 4.78 is 4.98. The molecule has 3 nitrogen and oxygen atoms in total. The van der Waals surface area contributed by atoms with Crippen molar-refractivity contribution in [2.24, 2.45) is 0 Å². The molecule has 0 heterocycles. The number of hydrogen-bond donors (Lipinski definition) is 1. The van der Waals surface area contributed by atoms with Crippen LogP contribution in [0, 0.1) is 13.8 Å². The van der Waals surface area contributed by atoms with Crippen LogP contribution in [0.1, 0.15) is 21.5 Å². The number of rotatable bonds is 2. The van der Waals surface area contributed by atoms with E-state index in [1.807, 2.05) is 6.92 Å². The Balaban J connectivity index is 3.53. The fourth-order valence-electron chi connectivity index (χ4n) is 1.35. The first-order chi connectivity index (χ1) is 6.49. The molecule has 0 aliphatic heterocycles. The summed E-state index contributed by atoms with van der Waals surface area (Å²) in [6.45, 7) is 3.48. The standard InChI is InChI=1S/C10H11ClO3/c1-5-4-7(14-3)8(10(12)13)6(2)9(5)11/h4H,1-3H3,(H,12,13). The number of benzene rings is 1. The van der Waals surface area contributed by atoms with Crippen LogP contribution in [-0.4, -0.2) is 18.2 Å². The van der Waals surface area contributed by atoms with Crippen LogP contribution in [0.3, 0.4) is 0 Å². The zero-order valence-electron chi connectivity index (χ0n) is 8.22. The molecular formula is C10H11ClO3. The van der Waals surface area contributed by atoms with E-state index in [-0.39, 0.29) is 5.56 Å². The Morgan fingerprint density at radius 2 is 2.07 bits per heavy atom. The highest BCUT2D eigenvalue weighted by Gasteiger charge is 2.17. The van der Waals surface area contributed by atoms with Crippen LogP contribution in [0.25, 0.3) is 0 Å². The van der Waals surface area contributed by atoms with Crippen LogP contribution in [0.5, 0.6) is 5.75 Å². The Morgan fingerprint density at radius 3 is 2.50 bits per heavy atom. The highest BCUT2D eigenvalue weighted by molar-refractivity contribution is 6.32. The van der Waals surface area contributed by atoms with Crippen molar-refractivity contribution in [1.29, 1.82) is 0 Å². The van der Waals surface area contributed by atoms with Crippen molar-refractivity contribution >= 4 is 17.6 Å². The first-order valence-electron chi connectivity index (χ1n) is 4.06. The quantitative estimate of drug-likeness (QED) is 0.823. The fraction of sp³-hybridized carbons (Fsp3) is 0.300. The van der Waals surface area contributed by atoms with Gasteiger partial charge in [-0.05, 0) is 31.0 Å². The summed E-state index contributed by atoms with van der Waals surface area (Å²) in [5, 5.41) is 9.43. The minimum absolute atomic E-state index is 0.128. The smallest absolute Gasteiger partial charge is 0.339 e. The van der Waals surface area contributed by atoms with Crippen molar-refractivity contribution in [1.82, 2.24) is 0 Å². The van der Waals surface area contributed by atoms with Crippen LogP contribution >= 0.6 is 11.6 Å². The minimum Gasteiger partial charge on any atom is -0.496 e. The van der Waals surface area contributed by atoms with Gasteiger partial charge in [0.05, 0.1) is 7.11 Å². The van der Waals surface area contributed by atoms with E-state index in [1.54, 1.807) is 13.0 Å². The molecule has 0 aliphatic carbocycles. The highest BCUT2D eigenvalue weighted by atomic mass is 35.5. The summed E-state index contributed by atoms with van der Waals surface area (Å²) in [5.41, 5.74) is 1.48. The minimum atomic E-state index is -1.03. The number of carbonyl (C=O) groups is 1. The predicted octanol–water partition coefficient (Wildman–Crippen LogP) is 2.66. The van der Waals surface area contributed by atoms with Gasteiger partial charge in [-0.1, -0.05) is 11.6 Å². The third-order valence-corrected chi connectivity index (χ3v) is 2.66. The molecule has 0 spiro atoms. The number of methoxy groups -OCH3 is 1. The van der Waals surface area contributed by atoms with Crippen molar-refractivity contribution in [3.05, 3.63) is 27.8 Å². The summed E-state index contributed by atoms with van der Waals surface area (Å²) in [5.74, 6) is -0.682. The van der Waals surface area contributed by atoms with Crippen molar-refractivity contribution in [2.75, 3.05) is 7.11 Å². The molecule has 1 aromatic carbocycles. The Bertz CT molecular complexity index is 385. The number of aryl methyl sites for hydroxylation is 1. The van der Waals surface area contributed by atoms with E-state index >= 15 is 0 Å². The van der Waals surface area contributed by atoms with Crippen LogP contribution < -0.4 is 4.74 Å². The summed E-state index contributed by atoms with van der Waals surface area (Å²) in [6, 6.07) is 1.62. The molecule has 76 valence electrons. The number of carboxylic acids is 1. The monoisotopic (exact) mass is 214 g/mol. The van der Waals surface area contributed by atoms with Gasteiger partial charge in [-0.25, -0.2) is 4.79 Å². The molecule has 0 radical (unpaired) electrons. The average molecular weight is 215 g/mol. The second kappa shape index (κ2) is 3.88. The maximum absolute atomic E-state index is 10.9. The highest BCUT2D eigenvalue weighted by Crippen LogP contribution is 2.31. The van der Waals surface area contributed by atoms with Gasteiger partial charge in [0.1, 0.15) is 11.3 Å². The zero-order valence-corrected chi connectivity index (χ0v) is 8.97. The lowest BCUT2D eigenvalue weighted by molar-refractivity contribution is 0.0692. The van der Waals surface area contributed by atoms with Crippen LogP contribution in [0.15, 0.2) is 6.07 Å². The first kappa shape index (κ1) is 10.9.